The molecule has 1 N–H and O–H groups in total. The molecule has 3 aromatic carbocycles. The van der Waals surface area contributed by atoms with Crippen LogP contribution in [-0.2, 0) is 0 Å². The number of nitrogens with zero attached hydrogens (tertiary/aromatic N) is 1. The number of halogens is 1. The summed E-state index contributed by atoms with van der Waals surface area (Å²) in [5.41, 5.74) is 1.12. The molecule has 5 rings (SSSR count). The Morgan fingerprint density at radius 3 is 2.56 bits per heavy atom. The van der Waals surface area contributed by atoms with Crippen LogP contribution in [0.15, 0.2) is 75.9 Å². The smallest absolute Gasteiger partial charge is 0.295 e. The fraction of sp³-hybridized carbons (Fsp3) is 0.120. The molecular formula is C25H18FNO5. The summed E-state index contributed by atoms with van der Waals surface area (Å²) in [7, 11) is 0. The molecule has 6 nitrogen and oxygen atoms in total. The van der Waals surface area contributed by atoms with Gasteiger partial charge in [-0.3, -0.25) is 14.5 Å². The fourth-order valence-corrected chi connectivity index (χ4v) is 4.07. The van der Waals surface area contributed by atoms with Crippen molar-refractivity contribution >= 4 is 22.6 Å². The zero-order valence-electron chi connectivity index (χ0n) is 17.0. The number of aromatic hydroxyl groups is 1. The number of para-hydroxylation sites is 1. The average molecular weight is 431 g/mol. The molecule has 0 radical (unpaired) electrons. The van der Waals surface area contributed by atoms with Crippen LogP contribution in [0.5, 0.6) is 11.5 Å². The minimum absolute atomic E-state index is 0.0565. The normalized spacial score (nSPS) is 15.2. The van der Waals surface area contributed by atoms with Crippen molar-refractivity contribution in [2.75, 3.05) is 11.5 Å². The largest absolute Gasteiger partial charge is 0.504 e. The molecule has 1 atom stereocenters. The van der Waals surface area contributed by atoms with E-state index in [1.807, 2.05) is 0 Å². The van der Waals surface area contributed by atoms with Gasteiger partial charge < -0.3 is 14.3 Å². The molecule has 1 aliphatic rings. The van der Waals surface area contributed by atoms with Gasteiger partial charge >= 0.3 is 0 Å². The molecule has 32 heavy (non-hydrogen) atoms. The average Bonchev–Trinajstić information content (AvgIpc) is 3.09. The molecule has 0 saturated carbocycles. The Bertz CT molecular complexity index is 1410. The Kier molecular flexibility index (Phi) is 4.66. The zero-order valence-corrected chi connectivity index (χ0v) is 17.0. The Hall–Kier alpha value is -4.13. The monoisotopic (exact) mass is 431 g/mol. The van der Waals surface area contributed by atoms with E-state index in [1.54, 1.807) is 43.3 Å². The van der Waals surface area contributed by atoms with E-state index in [1.165, 1.54) is 35.2 Å². The molecule has 0 spiro atoms. The first kappa shape index (κ1) is 19.8. The summed E-state index contributed by atoms with van der Waals surface area (Å²) in [6, 6.07) is 16.0. The number of amides is 1. The van der Waals surface area contributed by atoms with Gasteiger partial charge in [-0.15, -0.1) is 0 Å². The summed E-state index contributed by atoms with van der Waals surface area (Å²) in [5.74, 6) is -0.841. The minimum Gasteiger partial charge on any atom is -0.504 e. The predicted octanol–water partition coefficient (Wildman–Crippen LogP) is 4.79. The maximum absolute atomic E-state index is 13.6. The van der Waals surface area contributed by atoms with Gasteiger partial charge in [0.2, 0.25) is 5.76 Å². The van der Waals surface area contributed by atoms with Crippen LogP contribution in [0.3, 0.4) is 0 Å². The number of fused-ring (bicyclic) bond motifs is 2. The lowest BCUT2D eigenvalue weighted by atomic mass is 9.97. The van der Waals surface area contributed by atoms with Crippen LogP contribution in [0.25, 0.3) is 11.0 Å². The number of rotatable bonds is 4. The molecule has 160 valence electrons. The molecule has 7 heteroatoms. The van der Waals surface area contributed by atoms with E-state index in [0.29, 0.717) is 28.8 Å². The first-order valence-corrected chi connectivity index (χ1v) is 10.1. The van der Waals surface area contributed by atoms with Crippen molar-refractivity contribution in [3.8, 4) is 11.5 Å². The molecular weight excluding hydrogens is 413 g/mol. The third-order valence-electron chi connectivity index (χ3n) is 5.48. The van der Waals surface area contributed by atoms with Crippen molar-refractivity contribution < 1.29 is 23.4 Å². The number of phenols is 1. The second kappa shape index (κ2) is 7.53. The summed E-state index contributed by atoms with van der Waals surface area (Å²) >= 11 is 0. The number of benzene rings is 3. The third kappa shape index (κ3) is 3.01. The van der Waals surface area contributed by atoms with Crippen LogP contribution in [-0.4, -0.2) is 17.6 Å². The number of hydrogen-bond acceptors (Lipinski definition) is 5. The van der Waals surface area contributed by atoms with Gasteiger partial charge in [0.05, 0.1) is 23.6 Å². The van der Waals surface area contributed by atoms with Crippen LogP contribution in [0.1, 0.15) is 34.6 Å². The lowest BCUT2D eigenvalue weighted by molar-refractivity contribution is 0.0971. The second-order valence-corrected chi connectivity index (χ2v) is 7.38. The first-order valence-electron chi connectivity index (χ1n) is 10.1. The maximum Gasteiger partial charge on any atom is 0.295 e. The molecule has 1 aromatic heterocycles. The number of carbonyl (C=O) groups is 1. The van der Waals surface area contributed by atoms with E-state index in [0.717, 1.165) is 0 Å². The molecule has 2 heterocycles. The van der Waals surface area contributed by atoms with Gasteiger partial charge in [-0.05, 0) is 61.0 Å². The van der Waals surface area contributed by atoms with Crippen LogP contribution in [0, 0.1) is 5.82 Å². The van der Waals surface area contributed by atoms with Gasteiger partial charge in [0.15, 0.2) is 16.9 Å². The SMILES string of the molecule is CCOc1cc(C2c3c(oc4ccccc4c3=O)C(=O)N2c2ccc(F)cc2)ccc1O. The predicted molar refractivity (Wildman–Crippen MR) is 117 cm³/mol. The van der Waals surface area contributed by atoms with Crippen LogP contribution in [0.4, 0.5) is 10.1 Å². The Morgan fingerprint density at radius 2 is 1.81 bits per heavy atom. The fourth-order valence-electron chi connectivity index (χ4n) is 4.07. The maximum atomic E-state index is 13.6. The molecule has 1 aliphatic heterocycles. The lowest BCUT2D eigenvalue weighted by Crippen LogP contribution is -2.29. The quantitative estimate of drug-likeness (QED) is 0.503. The van der Waals surface area contributed by atoms with Gasteiger partial charge in [-0.1, -0.05) is 18.2 Å². The molecule has 0 aliphatic carbocycles. The van der Waals surface area contributed by atoms with Crippen molar-refractivity contribution in [2.24, 2.45) is 0 Å². The number of hydrogen-bond donors (Lipinski definition) is 1. The van der Waals surface area contributed by atoms with Gasteiger partial charge in [0.25, 0.3) is 5.91 Å². The molecule has 0 saturated heterocycles. The van der Waals surface area contributed by atoms with E-state index >= 15 is 0 Å². The molecule has 0 fully saturated rings. The van der Waals surface area contributed by atoms with Crippen molar-refractivity contribution in [3.63, 3.8) is 0 Å². The summed E-state index contributed by atoms with van der Waals surface area (Å²) < 4.78 is 25.0. The van der Waals surface area contributed by atoms with Gasteiger partial charge in [0.1, 0.15) is 11.4 Å². The van der Waals surface area contributed by atoms with E-state index < -0.39 is 17.8 Å². The van der Waals surface area contributed by atoms with Crippen LogP contribution in [0.2, 0.25) is 0 Å². The third-order valence-corrected chi connectivity index (χ3v) is 5.48. The number of ether oxygens (including phenoxy) is 1. The number of carbonyl (C=O) groups excluding carboxylic acids is 1. The summed E-state index contributed by atoms with van der Waals surface area (Å²) in [5, 5.41) is 10.5. The highest BCUT2D eigenvalue weighted by Gasteiger charge is 2.43. The molecule has 1 amide bonds. The second-order valence-electron chi connectivity index (χ2n) is 7.38. The summed E-state index contributed by atoms with van der Waals surface area (Å²) in [6.45, 7) is 2.11. The zero-order chi connectivity index (χ0) is 22.4. The van der Waals surface area contributed by atoms with Crippen molar-refractivity contribution in [3.05, 3.63) is 99.7 Å². The first-order chi connectivity index (χ1) is 15.5. The van der Waals surface area contributed by atoms with Crippen LogP contribution >= 0.6 is 0 Å². The molecule has 0 bridgehead atoms. The topological polar surface area (TPSA) is 80.0 Å². The Morgan fingerprint density at radius 1 is 1.06 bits per heavy atom. The summed E-state index contributed by atoms with van der Waals surface area (Å²) in [4.78, 5) is 28.3. The van der Waals surface area contributed by atoms with Gasteiger partial charge in [-0.2, -0.15) is 0 Å². The standard InChI is InChI=1S/C25H18FNO5/c1-2-31-20-13-14(7-12-18(20)28)22-21-23(29)17-5-3-4-6-19(17)32-24(21)25(30)27(22)16-10-8-15(26)9-11-16/h3-13,22,28H,2H2,1H3. The number of anilines is 1. The van der Waals surface area contributed by atoms with Gasteiger partial charge in [-0.25, -0.2) is 4.39 Å². The van der Waals surface area contributed by atoms with Gasteiger partial charge in [0, 0.05) is 5.69 Å². The highest BCUT2D eigenvalue weighted by atomic mass is 19.1. The van der Waals surface area contributed by atoms with E-state index in [9.17, 15) is 19.1 Å². The van der Waals surface area contributed by atoms with Crippen molar-refractivity contribution in [2.45, 2.75) is 13.0 Å². The highest BCUT2D eigenvalue weighted by Crippen LogP contribution is 2.43. The van der Waals surface area contributed by atoms with Crippen LogP contribution < -0.4 is 15.1 Å². The summed E-state index contributed by atoms with van der Waals surface area (Å²) in [6.07, 6.45) is 0. The highest BCUT2D eigenvalue weighted by molar-refractivity contribution is 6.10. The van der Waals surface area contributed by atoms with E-state index in [2.05, 4.69) is 0 Å². The van der Waals surface area contributed by atoms with E-state index in [-0.39, 0.29) is 28.3 Å². The lowest BCUT2D eigenvalue weighted by Gasteiger charge is -2.25. The Balaban J connectivity index is 1.79. The van der Waals surface area contributed by atoms with E-state index in [4.69, 9.17) is 9.15 Å². The number of phenolic OH excluding ortho intramolecular Hbond substituents is 1. The molecule has 1 unspecified atom stereocenters. The Labute approximate surface area is 182 Å². The van der Waals surface area contributed by atoms with Crippen molar-refractivity contribution in [1.82, 2.24) is 0 Å². The minimum atomic E-state index is -0.844. The molecule has 4 aromatic rings. The van der Waals surface area contributed by atoms with Crippen molar-refractivity contribution in [1.29, 1.82) is 0 Å².